The number of esters is 1. The van der Waals surface area contributed by atoms with Crippen LogP contribution in [0, 0.1) is 0 Å². The summed E-state index contributed by atoms with van der Waals surface area (Å²) in [7, 11) is 1.28. The largest absolute Gasteiger partial charge is 0.468 e. The third kappa shape index (κ3) is 5.07. The zero-order valence-electron chi connectivity index (χ0n) is 11.1. The second kappa shape index (κ2) is 7.50. The van der Waals surface area contributed by atoms with Gasteiger partial charge in [0.25, 0.3) is 5.91 Å². The Hall–Kier alpha value is -1.92. The molecule has 0 aliphatic carbocycles. The van der Waals surface area contributed by atoms with Crippen LogP contribution in [-0.4, -0.2) is 31.1 Å². The summed E-state index contributed by atoms with van der Waals surface area (Å²) in [6.07, 6.45) is 0.432. The average Bonchev–Trinajstić information content (AvgIpc) is 2.44. The van der Waals surface area contributed by atoms with Gasteiger partial charge in [0.1, 0.15) is 6.04 Å². The fourth-order valence-electron chi connectivity index (χ4n) is 1.47. The van der Waals surface area contributed by atoms with Crippen LogP contribution in [0.3, 0.4) is 0 Å². The molecule has 0 heterocycles. The van der Waals surface area contributed by atoms with E-state index in [9.17, 15) is 9.59 Å². The average molecular weight is 265 g/mol. The van der Waals surface area contributed by atoms with Crippen molar-refractivity contribution in [1.29, 1.82) is 0 Å². The van der Waals surface area contributed by atoms with E-state index in [0.717, 1.165) is 5.56 Å². The van der Waals surface area contributed by atoms with Crippen molar-refractivity contribution in [3.05, 3.63) is 35.9 Å². The van der Waals surface area contributed by atoms with Gasteiger partial charge in [0.05, 0.1) is 13.2 Å². The molecule has 4 N–H and O–H groups in total. The summed E-state index contributed by atoms with van der Waals surface area (Å²) in [6, 6.07) is 8.16. The van der Waals surface area contributed by atoms with Crippen LogP contribution < -0.4 is 16.6 Å². The molecule has 1 amide bonds. The zero-order chi connectivity index (χ0) is 14.3. The molecule has 0 spiro atoms. The molecule has 0 unspecified atom stereocenters. The molecule has 19 heavy (non-hydrogen) atoms. The van der Waals surface area contributed by atoms with Crippen molar-refractivity contribution in [2.45, 2.75) is 25.4 Å². The third-order valence-electron chi connectivity index (χ3n) is 2.60. The molecule has 6 heteroatoms. The molecule has 0 saturated carbocycles. The standard InChI is InChI=1S/C13H19N3O3/c1-9(13(18)19-2)15-16-12(17)11(14)8-10-6-4-3-5-7-10/h3-7,9,11,15H,8,14H2,1-2H3,(H,16,17)/t9-,11+/m1/s1. The van der Waals surface area contributed by atoms with Crippen molar-refractivity contribution < 1.29 is 14.3 Å². The number of carbonyl (C=O) groups excluding carboxylic acids is 2. The quantitative estimate of drug-likeness (QED) is 0.486. The number of nitrogens with two attached hydrogens (primary N) is 1. The molecule has 0 radical (unpaired) electrons. The molecule has 0 aliphatic heterocycles. The summed E-state index contributed by atoms with van der Waals surface area (Å²) < 4.78 is 4.52. The van der Waals surface area contributed by atoms with E-state index in [1.54, 1.807) is 6.92 Å². The van der Waals surface area contributed by atoms with Crippen LogP contribution in [0.25, 0.3) is 0 Å². The van der Waals surface area contributed by atoms with E-state index in [1.807, 2.05) is 30.3 Å². The van der Waals surface area contributed by atoms with Gasteiger partial charge in [-0.1, -0.05) is 30.3 Å². The lowest BCUT2D eigenvalue weighted by molar-refractivity contribution is -0.143. The summed E-state index contributed by atoms with van der Waals surface area (Å²) in [4.78, 5) is 22.8. The number of benzene rings is 1. The van der Waals surface area contributed by atoms with Gasteiger partial charge in [-0.25, -0.2) is 5.43 Å². The fourth-order valence-corrected chi connectivity index (χ4v) is 1.47. The molecule has 104 valence electrons. The minimum atomic E-state index is -0.681. The first-order chi connectivity index (χ1) is 9.04. The smallest absolute Gasteiger partial charge is 0.324 e. The van der Waals surface area contributed by atoms with Crippen LogP contribution in [0.15, 0.2) is 30.3 Å². The van der Waals surface area contributed by atoms with E-state index in [1.165, 1.54) is 7.11 Å². The minimum absolute atomic E-state index is 0.375. The van der Waals surface area contributed by atoms with Crippen LogP contribution in [0.4, 0.5) is 0 Å². The fraction of sp³-hybridized carbons (Fsp3) is 0.385. The number of amides is 1. The molecular formula is C13H19N3O3. The van der Waals surface area contributed by atoms with E-state index in [2.05, 4.69) is 15.6 Å². The summed E-state index contributed by atoms with van der Waals surface area (Å²) in [5.41, 5.74) is 11.7. The number of hydrazine groups is 1. The maximum absolute atomic E-state index is 11.7. The molecule has 6 nitrogen and oxygen atoms in total. The molecule has 2 atom stereocenters. The Labute approximate surface area is 112 Å². The van der Waals surface area contributed by atoms with Crippen LogP contribution >= 0.6 is 0 Å². The molecule has 1 aromatic carbocycles. The normalized spacial score (nSPS) is 13.4. The lowest BCUT2D eigenvalue weighted by atomic mass is 10.1. The van der Waals surface area contributed by atoms with E-state index < -0.39 is 18.1 Å². The lowest BCUT2D eigenvalue weighted by Crippen LogP contribution is -2.52. The van der Waals surface area contributed by atoms with Crippen molar-refractivity contribution in [1.82, 2.24) is 10.9 Å². The first-order valence-corrected chi connectivity index (χ1v) is 5.97. The Morgan fingerprint density at radius 1 is 1.32 bits per heavy atom. The minimum Gasteiger partial charge on any atom is -0.468 e. The van der Waals surface area contributed by atoms with Gasteiger partial charge in [-0.2, -0.15) is 0 Å². The molecule has 0 aromatic heterocycles. The van der Waals surface area contributed by atoms with Crippen LogP contribution in [0.5, 0.6) is 0 Å². The number of carbonyl (C=O) groups is 2. The van der Waals surface area contributed by atoms with Gasteiger partial charge in [-0.05, 0) is 18.9 Å². The van der Waals surface area contributed by atoms with Crippen LogP contribution in [0.2, 0.25) is 0 Å². The number of rotatable bonds is 6. The highest BCUT2D eigenvalue weighted by molar-refractivity contribution is 5.82. The SMILES string of the molecule is COC(=O)[C@@H](C)NNC(=O)[C@@H](N)Cc1ccccc1. The summed E-state index contributed by atoms with van der Waals surface area (Å²) in [5, 5.41) is 0. The molecule has 0 aliphatic rings. The van der Waals surface area contributed by atoms with Gasteiger partial charge in [0, 0.05) is 0 Å². The molecule has 0 fully saturated rings. The number of hydrogen-bond acceptors (Lipinski definition) is 5. The van der Waals surface area contributed by atoms with Crippen molar-refractivity contribution >= 4 is 11.9 Å². The zero-order valence-corrected chi connectivity index (χ0v) is 11.1. The lowest BCUT2D eigenvalue weighted by Gasteiger charge is -2.16. The number of methoxy groups -OCH3 is 1. The Kier molecular flexibility index (Phi) is 5.98. The van der Waals surface area contributed by atoms with E-state index in [0.29, 0.717) is 6.42 Å². The molecule has 0 saturated heterocycles. The number of ether oxygens (including phenoxy) is 1. The Morgan fingerprint density at radius 3 is 2.53 bits per heavy atom. The Bertz CT molecular complexity index is 422. The highest BCUT2D eigenvalue weighted by Crippen LogP contribution is 2.01. The van der Waals surface area contributed by atoms with Crippen LogP contribution in [0.1, 0.15) is 12.5 Å². The summed E-state index contributed by atoms with van der Waals surface area (Å²) in [5.74, 6) is -0.837. The monoisotopic (exact) mass is 265 g/mol. The van der Waals surface area contributed by atoms with E-state index in [4.69, 9.17) is 5.73 Å². The van der Waals surface area contributed by atoms with Gasteiger partial charge in [-0.3, -0.25) is 15.0 Å². The summed E-state index contributed by atoms with van der Waals surface area (Å²) in [6.45, 7) is 1.58. The van der Waals surface area contributed by atoms with Crippen molar-refractivity contribution in [3.8, 4) is 0 Å². The summed E-state index contributed by atoms with van der Waals surface area (Å²) >= 11 is 0. The van der Waals surface area contributed by atoms with Gasteiger partial charge in [-0.15, -0.1) is 0 Å². The van der Waals surface area contributed by atoms with Crippen molar-refractivity contribution in [2.24, 2.45) is 5.73 Å². The maximum atomic E-state index is 11.7. The molecule has 0 bridgehead atoms. The van der Waals surface area contributed by atoms with Gasteiger partial charge in [0.2, 0.25) is 0 Å². The van der Waals surface area contributed by atoms with Gasteiger partial charge < -0.3 is 10.5 Å². The molecule has 1 aromatic rings. The van der Waals surface area contributed by atoms with Crippen molar-refractivity contribution in [2.75, 3.05) is 7.11 Å². The van der Waals surface area contributed by atoms with Crippen molar-refractivity contribution in [3.63, 3.8) is 0 Å². The second-order valence-electron chi connectivity index (χ2n) is 4.17. The first-order valence-electron chi connectivity index (χ1n) is 5.97. The topological polar surface area (TPSA) is 93.5 Å². The molecule has 1 rings (SSSR count). The second-order valence-corrected chi connectivity index (χ2v) is 4.17. The predicted octanol–water partition coefficient (Wildman–Crippen LogP) is -0.261. The molecular weight excluding hydrogens is 246 g/mol. The maximum Gasteiger partial charge on any atom is 0.324 e. The third-order valence-corrected chi connectivity index (χ3v) is 2.60. The highest BCUT2D eigenvalue weighted by atomic mass is 16.5. The predicted molar refractivity (Wildman–Crippen MR) is 70.9 cm³/mol. The number of hydrogen-bond donors (Lipinski definition) is 3. The number of nitrogens with one attached hydrogen (secondary N) is 2. The van der Waals surface area contributed by atoms with Gasteiger partial charge in [0.15, 0.2) is 0 Å². The van der Waals surface area contributed by atoms with Gasteiger partial charge >= 0.3 is 5.97 Å². The highest BCUT2D eigenvalue weighted by Gasteiger charge is 2.17. The first kappa shape index (κ1) is 15.1. The Morgan fingerprint density at radius 2 is 1.95 bits per heavy atom. The van der Waals surface area contributed by atoms with E-state index >= 15 is 0 Å². The van der Waals surface area contributed by atoms with E-state index in [-0.39, 0.29) is 5.91 Å². The van der Waals surface area contributed by atoms with Crippen LogP contribution in [-0.2, 0) is 20.7 Å². The Balaban J connectivity index is 2.39.